The number of benzene rings is 1. The average Bonchev–Trinajstić information content (AvgIpc) is 2.46. The Kier molecular flexibility index (Phi) is 4.98. The van der Waals surface area contributed by atoms with Crippen LogP contribution in [0.1, 0.15) is 21.6 Å². The van der Waals surface area contributed by atoms with Crippen LogP contribution in [0.15, 0.2) is 41.0 Å². The molecule has 0 saturated heterocycles. The molecule has 2 aromatic rings. The van der Waals surface area contributed by atoms with Crippen molar-refractivity contribution in [3.05, 3.63) is 63.6 Å². The molecule has 0 radical (unpaired) electrons. The van der Waals surface area contributed by atoms with Crippen molar-refractivity contribution in [2.75, 3.05) is 0 Å². The molecule has 0 saturated carbocycles. The number of thiocarbonyl (C=S) groups is 1. The highest BCUT2D eigenvalue weighted by molar-refractivity contribution is 9.10. The average molecular weight is 368 g/mol. The molecule has 1 aromatic heterocycles. The molecule has 0 spiro atoms. The minimum atomic E-state index is -0.468. The van der Waals surface area contributed by atoms with Crippen LogP contribution in [-0.4, -0.2) is 15.9 Å². The van der Waals surface area contributed by atoms with E-state index in [2.05, 4.69) is 26.2 Å². The normalized spacial score (nSPS) is 10.2. The van der Waals surface area contributed by atoms with Gasteiger partial charge in [0, 0.05) is 28.3 Å². The predicted molar refractivity (Wildman–Crippen MR) is 85.4 cm³/mol. The van der Waals surface area contributed by atoms with E-state index in [9.17, 15) is 9.18 Å². The van der Waals surface area contributed by atoms with Crippen molar-refractivity contribution in [2.45, 2.75) is 6.54 Å². The highest BCUT2D eigenvalue weighted by atomic mass is 79.9. The Hall–Kier alpha value is -1.86. The van der Waals surface area contributed by atoms with Crippen LogP contribution in [0.3, 0.4) is 0 Å². The van der Waals surface area contributed by atoms with Crippen LogP contribution >= 0.6 is 28.1 Å². The smallest absolute Gasteiger partial charge is 0.270 e. The van der Waals surface area contributed by atoms with Gasteiger partial charge in [-0.05, 0) is 34.1 Å². The lowest BCUT2D eigenvalue weighted by Crippen LogP contribution is -2.24. The van der Waals surface area contributed by atoms with Crippen molar-refractivity contribution in [1.29, 1.82) is 0 Å². The molecule has 1 heterocycles. The van der Waals surface area contributed by atoms with Gasteiger partial charge in [-0.3, -0.25) is 4.79 Å². The van der Waals surface area contributed by atoms with Crippen molar-refractivity contribution in [1.82, 2.24) is 10.3 Å². The topological polar surface area (TPSA) is 68.0 Å². The summed E-state index contributed by atoms with van der Waals surface area (Å²) in [5, 5.41) is 2.60. The summed E-state index contributed by atoms with van der Waals surface area (Å²) in [4.78, 5) is 16.0. The zero-order valence-corrected chi connectivity index (χ0v) is 13.2. The van der Waals surface area contributed by atoms with Crippen LogP contribution < -0.4 is 11.1 Å². The molecule has 4 nitrogen and oxygen atoms in total. The Balaban J connectivity index is 2.04. The molecule has 0 aliphatic heterocycles. The number of aromatic nitrogens is 1. The lowest BCUT2D eigenvalue weighted by atomic mass is 10.1. The highest BCUT2D eigenvalue weighted by Gasteiger charge is 2.09. The van der Waals surface area contributed by atoms with Gasteiger partial charge in [0.25, 0.3) is 5.91 Å². The Morgan fingerprint density at radius 3 is 2.71 bits per heavy atom. The van der Waals surface area contributed by atoms with Crippen molar-refractivity contribution in [3.63, 3.8) is 0 Å². The fourth-order valence-electron chi connectivity index (χ4n) is 1.62. The van der Waals surface area contributed by atoms with E-state index in [4.69, 9.17) is 18.0 Å². The van der Waals surface area contributed by atoms with E-state index < -0.39 is 5.82 Å². The minimum Gasteiger partial charge on any atom is -0.389 e. The number of amides is 1. The number of carbonyl (C=O) groups excluding carboxylic acids is 1. The largest absolute Gasteiger partial charge is 0.389 e. The number of rotatable bonds is 4. The van der Waals surface area contributed by atoms with E-state index in [1.165, 1.54) is 12.3 Å². The van der Waals surface area contributed by atoms with Gasteiger partial charge in [0.05, 0.1) is 0 Å². The van der Waals surface area contributed by atoms with Crippen molar-refractivity contribution in [3.8, 4) is 0 Å². The maximum atomic E-state index is 13.8. The van der Waals surface area contributed by atoms with E-state index in [0.717, 1.165) is 4.47 Å². The van der Waals surface area contributed by atoms with E-state index in [1.54, 1.807) is 24.3 Å². The zero-order chi connectivity index (χ0) is 15.4. The fraction of sp³-hybridized carbons (Fsp3) is 0.0714. The maximum absolute atomic E-state index is 13.8. The Morgan fingerprint density at radius 2 is 2.14 bits per heavy atom. The van der Waals surface area contributed by atoms with Gasteiger partial charge in [0.2, 0.25) is 0 Å². The van der Waals surface area contributed by atoms with Gasteiger partial charge in [-0.25, -0.2) is 9.37 Å². The number of hydrogen-bond donors (Lipinski definition) is 2. The molecule has 7 heteroatoms. The highest BCUT2D eigenvalue weighted by Crippen LogP contribution is 2.11. The summed E-state index contributed by atoms with van der Waals surface area (Å²) in [6, 6.07) is 7.69. The number of nitrogens with two attached hydrogens (primary N) is 1. The van der Waals surface area contributed by atoms with Gasteiger partial charge < -0.3 is 11.1 Å². The number of pyridine rings is 1. The molecule has 0 unspecified atom stereocenters. The maximum Gasteiger partial charge on any atom is 0.270 e. The Bertz CT molecular complexity index is 691. The molecule has 0 bridgehead atoms. The number of carbonyl (C=O) groups is 1. The second-order valence-corrected chi connectivity index (χ2v) is 5.57. The first kappa shape index (κ1) is 15.5. The third-order valence-corrected chi connectivity index (χ3v) is 3.44. The first-order valence-corrected chi connectivity index (χ1v) is 7.15. The predicted octanol–water partition coefficient (Wildman–Crippen LogP) is 2.55. The molecular weight excluding hydrogens is 357 g/mol. The lowest BCUT2D eigenvalue weighted by Gasteiger charge is -2.07. The van der Waals surface area contributed by atoms with E-state index in [0.29, 0.717) is 11.1 Å². The summed E-state index contributed by atoms with van der Waals surface area (Å²) >= 11 is 8.01. The molecule has 0 aliphatic rings. The van der Waals surface area contributed by atoms with Gasteiger partial charge in [0.1, 0.15) is 16.5 Å². The van der Waals surface area contributed by atoms with Crippen molar-refractivity contribution < 1.29 is 9.18 Å². The van der Waals surface area contributed by atoms with Crippen molar-refractivity contribution >= 4 is 39.0 Å². The monoisotopic (exact) mass is 367 g/mol. The van der Waals surface area contributed by atoms with Gasteiger partial charge in [-0.15, -0.1) is 0 Å². The number of nitrogens with zero attached hydrogens (tertiary/aromatic N) is 1. The lowest BCUT2D eigenvalue weighted by molar-refractivity contribution is 0.0945. The van der Waals surface area contributed by atoms with Gasteiger partial charge in [-0.2, -0.15) is 0 Å². The van der Waals surface area contributed by atoms with Gasteiger partial charge in [0.15, 0.2) is 0 Å². The van der Waals surface area contributed by atoms with Gasteiger partial charge >= 0.3 is 0 Å². The summed E-state index contributed by atoms with van der Waals surface area (Å²) in [5.74, 6) is -0.843. The van der Waals surface area contributed by atoms with E-state index >= 15 is 0 Å². The first-order valence-electron chi connectivity index (χ1n) is 5.95. The summed E-state index contributed by atoms with van der Waals surface area (Å²) in [6.45, 7) is 0.0556. The number of nitrogens with one attached hydrogen (secondary N) is 1. The molecule has 108 valence electrons. The number of hydrogen-bond acceptors (Lipinski definition) is 3. The molecule has 2 rings (SSSR count). The first-order chi connectivity index (χ1) is 9.97. The second kappa shape index (κ2) is 6.73. The fourth-order valence-corrected chi connectivity index (χ4v) is 1.98. The van der Waals surface area contributed by atoms with Gasteiger partial charge in [-0.1, -0.05) is 24.4 Å². The summed E-state index contributed by atoms with van der Waals surface area (Å²) < 4.78 is 14.6. The molecule has 0 atom stereocenters. The zero-order valence-electron chi connectivity index (χ0n) is 10.8. The molecule has 1 aromatic carbocycles. The summed E-state index contributed by atoms with van der Waals surface area (Å²) in [5.41, 5.74) is 6.49. The molecule has 0 fully saturated rings. The van der Waals surface area contributed by atoms with Crippen molar-refractivity contribution in [2.24, 2.45) is 5.73 Å². The van der Waals surface area contributed by atoms with E-state index in [-0.39, 0.29) is 23.1 Å². The molecule has 0 aliphatic carbocycles. The van der Waals surface area contributed by atoms with Crippen LogP contribution in [0.2, 0.25) is 0 Å². The molecule has 21 heavy (non-hydrogen) atoms. The minimum absolute atomic E-state index is 0.0556. The molecule has 1 amide bonds. The third-order valence-electron chi connectivity index (χ3n) is 2.74. The number of halogens is 2. The third kappa shape index (κ3) is 4.05. The quantitative estimate of drug-likeness (QED) is 0.814. The Labute approximate surface area is 134 Å². The van der Waals surface area contributed by atoms with Crippen LogP contribution in [0.5, 0.6) is 0 Å². The van der Waals surface area contributed by atoms with Crippen LogP contribution in [-0.2, 0) is 6.54 Å². The van der Waals surface area contributed by atoms with Crippen LogP contribution in [0, 0.1) is 5.82 Å². The Morgan fingerprint density at radius 1 is 1.38 bits per heavy atom. The van der Waals surface area contributed by atoms with Crippen LogP contribution in [0.25, 0.3) is 0 Å². The summed E-state index contributed by atoms with van der Waals surface area (Å²) in [6.07, 6.45) is 1.52. The van der Waals surface area contributed by atoms with E-state index in [1.807, 2.05) is 0 Å². The summed E-state index contributed by atoms with van der Waals surface area (Å²) in [7, 11) is 0. The SMILES string of the molecule is NC(=S)c1ccc(CNC(=O)c2ccc(Br)cn2)c(F)c1. The molecular formula is C14H11BrFN3OS. The standard InChI is InChI=1S/C14H11BrFN3OS/c15-10-3-4-12(18-7-10)14(20)19-6-9-2-1-8(13(17)21)5-11(9)16/h1-5,7H,6H2,(H2,17,21)(H,19,20). The second-order valence-electron chi connectivity index (χ2n) is 4.21. The van der Waals surface area contributed by atoms with Crippen LogP contribution in [0.4, 0.5) is 4.39 Å². The molecule has 3 N–H and O–H groups in total.